The van der Waals surface area contributed by atoms with Crippen molar-refractivity contribution in [3.8, 4) is 0 Å². The van der Waals surface area contributed by atoms with E-state index >= 15 is 0 Å². The van der Waals surface area contributed by atoms with Gasteiger partial charge in [-0.1, -0.05) is 18.2 Å². The van der Waals surface area contributed by atoms with Crippen LogP contribution in [0.5, 0.6) is 0 Å². The number of benzene rings is 2. The fraction of sp³-hybridized carbons (Fsp3) is 0.235. The standard InChI is InChI=1S/C17H17FN2O/c1-12-7-8-13(18)11-14(12)17(21)20-10-4-9-19-15-5-2-3-6-16(15)20/h2-3,5-8,11,19H,4,9-10H2,1H3. The third-order valence-electron chi connectivity index (χ3n) is 3.74. The van der Waals surface area contributed by atoms with Gasteiger partial charge in [0, 0.05) is 18.7 Å². The summed E-state index contributed by atoms with van der Waals surface area (Å²) in [6.45, 7) is 3.27. The third kappa shape index (κ3) is 2.61. The highest BCUT2D eigenvalue weighted by atomic mass is 19.1. The molecule has 0 bridgehead atoms. The number of nitrogens with zero attached hydrogens (tertiary/aromatic N) is 1. The van der Waals surface area contributed by atoms with Crippen molar-refractivity contribution in [3.63, 3.8) is 0 Å². The van der Waals surface area contributed by atoms with Crippen LogP contribution in [0.3, 0.4) is 0 Å². The Balaban J connectivity index is 2.03. The highest BCUT2D eigenvalue weighted by molar-refractivity contribution is 6.08. The molecule has 1 aliphatic heterocycles. The van der Waals surface area contributed by atoms with Crippen LogP contribution < -0.4 is 10.2 Å². The zero-order valence-corrected chi connectivity index (χ0v) is 11.9. The molecular formula is C17H17FN2O. The molecule has 3 rings (SSSR count). The second-order valence-electron chi connectivity index (χ2n) is 5.21. The van der Waals surface area contributed by atoms with Crippen LogP contribution in [0.25, 0.3) is 0 Å². The second-order valence-corrected chi connectivity index (χ2v) is 5.21. The van der Waals surface area contributed by atoms with Gasteiger partial charge in [0.15, 0.2) is 0 Å². The minimum Gasteiger partial charge on any atom is -0.383 e. The minimum absolute atomic E-state index is 0.150. The lowest BCUT2D eigenvalue weighted by molar-refractivity contribution is 0.0986. The molecule has 1 heterocycles. The Morgan fingerprint density at radius 2 is 2.05 bits per heavy atom. The average Bonchev–Trinajstić information content (AvgIpc) is 2.71. The molecule has 0 aliphatic carbocycles. The molecule has 0 aromatic heterocycles. The number of hydrogen-bond donors (Lipinski definition) is 1. The summed E-state index contributed by atoms with van der Waals surface area (Å²) in [6.07, 6.45) is 0.856. The summed E-state index contributed by atoms with van der Waals surface area (Å²) in [5.41, 5.74) is 3.00. The van der Waals surface area contributed by atoms with Crippen molar-refractivity contribution < 1.29 is 9.18 Å². The molecule has 1 aliphatic rings. The molecule has 0 atom stereocenters. The molecule has 0 saturated heterocycles. The van der Waals surface area contributed by atoms with Crippen LogP contribution in [0.2, 0.25) is 0 Å². The zero-order valence-electron chi connectivity index (χ0n) is 11.9. The van der Waals surface area contributed by atoms with E-state index in [9.17, 15) is 9.18 Å². The van der Waals surface area contributed by atoms with Gasteiger partial charge in [0.05, 0.1) is 11.4 Å². The summed E-state index contributed by atoms with van der Waals surface area (Å²) in [5, 5.41) is 3.32. The first-order valence-electron chi connectivity index (χ1n) is 7.08. The van der Waals surface area contributed by atoms with E-state index in [1.54, 1.807) is 11.0 Å². The first-order valence-corrected chi connectivity index (χ1v) is 7.08. The zero-order chi connectivity index (χ0) is 14.8. The number of halogens is 1. The lowest BCUT2D eigenvalue weighted by Crippen LogP contribution is -2.32. The van der Waals surface area contributed by atoms with Gasteiger partial charge in [0.1, 0.15) is 5.82 Å². The molecule has 0 saturated carbocycles. The number of hydrogen-bond acceptors (Lipinski definition) is 2. The Morgan fingerprint density at radius 3 is 2.90 bits per heavy atom. The fourth-order valence-corrected chi connectivity index (χ4v) is 2.62. The van der Waals surface area contributed by atoms with Crippen molar-refractivity contribution in [2.45, 2.75) is 13.3 Å². The molecular weight excluding hydrogens is 267 g/mol. The SMILES string of the molecule is Cc1ccc(F)cc1C(=O)N1CCCNc2ccccc21. The number of anilines is 2. The van der Waals surface area contributed by atoms with E-state index in [2.05, 4.69) is 5.32 Å². The molecule has 0 radical (unpaired) electrons. The Bertz CT molecular complexity index is 684. The van der Waals surface area contributed by atoms with Gasteiger partial charge in [-0.25, -0.2) is 4.39 Å². The van der Waals surface area contributed by atoms with Gasteiger partial charge in [-0.3, -0.25) is 4.79 Å². The largest absolute Gasteiger partial charge is 0.383 e. The van der Waals surface area contributed by atoms with Crippen LogP contribution in [0.15, 0.2) is 42.5 Å². The molecule has 0 fully saturated rings. The Labute approximate surface area is 123 Å². The highest BCUT2D eigenvalue weighted by Gasteiger charge is 2.23. The van der Waals surface area contributed by atoms with Crippen molar-refractivity contribution in [1.82, 2.24) is 0 Å². The highest BCUT2D eigenvalue weighted by Crippen LogP contribution is 2.29. The van der Waals surface area contributed by atoms with Gasteiger partial charge < -0.3 is 10.2 Å². The Hall–Kier alpha value is -2.36. The smallest absolute Gasteiger partial charge is 0.258 e. The average molecular weight is 284 g/mol. The number of nitrogens with one attached hydrogen (secondary N) is 1. The van der Waals surface area contributed by atoms with E-state index in [1.165, 1.54) is 12.1 Å². The molecule has 1 amide bonds. The van der Waals surface area contributed by atoms with Crippen LogP contribution in [-0.2, 0) is 0 Å². The summed E-state index contributed by atoms with van der Waals surface area (Å²) >= 11 is 0. The van der Waals surface area contributed by atoms with Crippen molar-refractivity contribution in [1.29, 1.82) is 0 Å². The summed E-state index contributed by atoms with van der Waals surface area (Å²) in [5.74, 6) is -0.534. The lowest BCUT2D eigenvalue weighted by atomic mass is 10.1. The molecule has 0 spiro atoms. The Kier molecular flexibility index (Phi) is 3.60. The van der Waals surface area contributed by atoms with E-state index in [0.29, 0.717) is 12.1 Å². The van der Waals surface area contributed by atoms with E-state index in [-0.39, 0.29) is 11.7 Å². The summed E-state index contributed by atoms with van der Waals surface area (Å²) < 4.78 is 13.5. The first-order chi connectivity index (χ1) is 10.2. The van der Waals surface area contributed by atoms with Gasteiger partial charge >= 0.3 is 0 Å². The number of fused-ring (bicyclic) bond motifs is 1. The van der Waals surface area contributed by atoms with Crippen LogP contribution in [-0.4, -0.2) is 19.0 Å². The number of carbonyl (C=O) groups excluding carboxylic acids is 1. The number of para-hydroxylation sites is 2. The normalized spacial score (nSPS) is 14.1. The van der Waals surface area contributed by atoms with Gasteiger partial charge in [0.2, 0.25) is 0 Å². The summed E-state index contributed by atoms with van der Waals surface area (Å²) in [4.78, 5) is 14.6. The molecule has 0 unspecified atom stereocenters. The molecule has 2 aromatic carbocycles. The summed E-state index contributed by atoms with van der Waals surface area (Å²) in [6, 6.07) is 12.1. The Morgan fingerprint density at radius 1 is 1.24 bits per heavy atom. The van der Waals surface area contributed by atoms with E-state index in [0.717, 1.165) is 29.9 Å². The van der Waals surface area contributed by atoms with E-state index < -0.39 is 0 Å². The molecule has 108 valence electrons. The van der Waals surface area contributed by atoms with E-state index in [1.807, 2.05) is 31.2 Å². The molecule has 2 aromatic rings. The summed E-state index contributed by atoms with van der Waals surface area (Å²) in [7, 11) is 0. The molecule has 3 nitrogen and oxygen atoms in total. The van der Waals surface area contributed by atoms with Gasteiger partial charge in [-0.2, -0.15) is 0 Å². The predicted octanol–water partition coefficient (Wildman–Crippen LogP) is 3.60. The van der Waals surface area contributed by atoms with Crippen LogP contribution in [0.1, 0.15) is 22.3 Å². The first kappa shape index (κ1) is 13.6. The van der Waals surface area contributed by atoms with Gasteiger partial charge in [-0.15, -0.1) is 0 Å². The fourth-order valence-electron chi connectivity index (χ4n) is 2.62. The molecule has 21 heavy (non-hydrogen) atoms. The van der Waals surface area contributed by atoms with E-state index in [4.69, 9.17) is 0 Å². The third-order valence-corrected chi connectivity index (χ3v) is 3.74. The molecule has 1 N–H and O–H groups in total. The quantitative estimate of drug-likeness (QED) is 0.868. The van der Waals surface area contributed by atoms with Gasteiger partial charge in [0.25, 0.3) is 5.91 Å². The van der Waals surface area contributed by atoms with Gasteiger partial charge in [-0.05, 0) is 43.2 Å². The number of rotatable bonds is 1. The number of carbonyl (C=O) groups is 1. The monoisotopic (exact) mass is 284 g/mol. The van der Waals surface area contributed by atoms with Crippen molar-refractivity contribution in [2.75, 3.05) is 23.3 Å². The predicted molar refractivity (Wildman–Crippen MR) is 82.4 cm³/mol. The maximum Gasteiger partial charge on any atom is 0.258 e. The minimum atomic E-state index is -0.384. The number of aryl methyl sites for hydroxylation is 1. The van der Waals surface area contributed by atoms with Crippen molar-refractivity contribution in [2.24, 2.45) is 0 Å². The number of amides is 1. The maximum absolute atomic E-state index is 13.5. The van der Waals surface area contributed by atoms with Crippen molar-refractivity contribution >= 4 is 17.3 Å². The van der Waals surface area contributed by atoms with Crippen LogP contribution >= 0.6 is 0 Å². The lowest BCUT2D eigenvalue weighted by Gasteiger charge is -2.23. The van der Waals surface area contributed by atoms with Crippen LogP contribution in [0.4, 0.5) is 15.8 Å². The topological polar surface area (TPSA) is 32.3 Å². The molecule has 4 heteroatoms. The van der Waals surface area contributed by atoms with Crippen molar-refractivity contribution in [3.05, 3.63) is 59.4 Å². The van der Waals surface area contributed by atoms with Crippen LogP contribution in [0, 0.1) is 12.7 Å². The second kappa shape index (κ2) is 5.56. The maximum atomic E-state index is 13.5.